The van der Waals surface area contributed by atoms with Crippen LogP contribution in [0.2, 0.25) is 0 Å². The molecule has 0 bridgehead atoms. The number of nitrogens with zero attached hydrogens (tertiary/aromatic N) is 2. The molecule has 0 saturated heterocycles. The molecule has 9 nitrogen and oxygen atoms in total. The van der Waals surface area contributed by atoms with Crippen molar-refractivity contribution in [3.05, 3.63) is 60.7 Å². The Morgan fingerprint density at radius 3 is 1.71 bits per heavy atom. The van der Waals surface area contributed by atoms with Crippen LogP contribution >= 0.6 is 0 Å². The van der Waals surface area contributed by atoms with E-state index in [1.807, 2.05) is 60.7 Å². The summed E-state index contributed by atoms with van der Waals surface area (Å²) in [5.74, 6) is 3.08. The van der Waals surface area contributed by atoms with Gasteiger partial charge in [0.2, 0.25) is 5.91 Å². The highest BCUT2D eigenvalue weighted by Gasteiger charge is 2.12. The van der Waals surface area contributed by atoms with Gasteiger partial charge >= 0.3 is 0 Å². The van der Waals surface area contributed by atoms with Gasteiger partial charge in [0, 0.05) is 28.4 Å². The number of anilines is 2. The summed E-state index contributed by atoms with van der Waals surface area (Å²) in [7, 11) is 0. The van der Waals surface area contributed by atoms with E-state index in [4.69, 9.17) is 14.2 Å². The van der Waals surface area contributed by atoms with Crippen LogP contribution in [0.25, 0.3) is 21.8 Å². The first-order valence-electron chi connectivity index (χ1n) is 14.4. The van der Waals surface area contributed by atoms with E-state index in [9.17, 15) is 4.79 Å². The van der Waals surface area contributed by atoms with Gasteiger partial charge < -0.3 is 30.2 Å². The maximum absolute atomic E-state index is 12.2. The molecule has 0 aliphatic rings. The van der Waals surface area contributed by atoms with Crippen molar-refractivity contribution < 1.29 is 19.0 Å². The zero-order valence-corrected chi connectivity index (χ0v) is 25.5. The molecule has 2 aromatic carbocycles. The molecule has 1 amide bonds. The van der Waals surface area contributed by atoms with Crippen LogP contribution in [0.3, 0.4) is 0 Å². The van der Waals surface area contributed by atoms with Gasteiger partial charge in [-0.3, -0.25) is 4.79 Å². The first kappa shape index (κ1) is 30.8. The van der Waals surface area contributed by atoms with Crippen LogP contribution in [-0.2, 0) is 9.53 Å². The number of benzene rings is 2. The minimum atomic E-state index is -0.0826. The Bertz CT molecular complexity index is 1490. The van der Waals surface area contributed by atoms with E-state index in [2.05, 4.69) is 67.5 Å². The van der Waals surface area contributed by atoms with E-state index in [-0.39, 0.29) is 23.4 Å². The van der Waals surface area contributed by atoms with Crippen LogP contribution in [0, 0.1) is 0 Å². The van der Waals surface area contributed by atoms with Crippen LogP contribution in [-0.4, -0.2) is 59.9 Å². The lowest BCUT2D eigenvalue weighted by Crippen LogP contribution is -2.28. The van der Waals surface area contributed by atoms with E-state index in [0.29, 0.717) is 38.7 Å². The van der Waals surface area contributed by atoms with E-state index in [1.165, 1.54) is 0 Å². The smallest absolute Gasteiger partial charge is 0.223 e. The van der Waals surface area contributed by atoms with Gasteiger partial charge in [-0.1, -0.05) is 0 Å². The largest absolute Gasteiger partial charge is 0.493 e. The number of hydrogen-bond acceptors (Lipinski definition) is 8. The number of fused-ring (bicyclic) bond motifs is 2. The van der Waals surface area contributed by atoms with Crippen molar-refractivity contribution in [3.8, 4) is 11.5 Å². The molecule has 2 heterocycles. The fraction of sp³-hybridized carbons (Fsp3) is 0.424. The topological polar surface area (TPSA) is 107 Å². The highest BCUT2D eigenvalue weighted by atomic mass is 16.5. The van der Waals surface area contributed by atoms with Crippen molar-refractivity contribution in [2.75, 3.05) is 43.6 Å². The Kier molecular flexibility index (Phi) is 10.1. The summed E-state index contributed by atoms with van der Waals surface area (Å²) in [6.07, 6.45) is 0.262. The van der Waals surface area contributed by atoms with Gasteiger partial charge in [-0.05, 0) is 102 Å². The summed E-state index contributed by atoms with van der Waals surface area (Å²) < 4.78 is 17.2. The molecule has 3 N–H and O–H groups in total. The normalized spacial score (nSPS) is 11.9. The number of nitrogens with one attached hydrogen (secondary N) is 3. The van der Waals surface area contributed by atoms with Gasteiger partial charge in [0.25, 0.3) is 0 Å². The summed E-state index contributed by atoms with van der Waals surface area (Å²) in [6, 6.07) is 19.6. The number of carbonyl (C=O) groups excluding carboxylic acids is 1. The predicted molar refractivity (Wildman–Crippen MR) is 170 cm³/mol. The molecule has 9 heteroatoms. The van der Waals surface area contributed by atoms with Crippen LogP contribution in [0.5, 0.6) is 11.5 Å². The summed E-state index contributed by atoms with van der Waals surface area (Å²) in [6.45, 7) is 14.6. The maximum atomic E-state index is 12.2. The van der Waals surface area contributed by atoms with Crippen molar-refractivity contribution in [2.24, 2.45) is 0 Å². The molecule has 0 aliphatic carbocycles. The second-order valence-electron chi connectivity index (χ2n) is 12.3. The SMILES string of the molecule is CC(C)(C)Nc1ccc2cc(OCCOCCNC(=O)CCOc3ccc4nc(NC(C)(C)C)ccc4c3)ccc2n1. The minimum absolute atomic E-state index is 0.0482. The summed E-state index contributed by atoms with van der Waals surface area (Å²) in [5, 5.41) is 11.6. The zero-order valence-electron chi connectivity index (χ0n) is 25.5. The Hall–Kier alpha value is -4.11. The van der Waals surface area contributed by atoms with Crippen LogP contribution < -0.4 is 25.4 Å². The lowest BCUT2D eigenvalue weighted by Gasteiger charge is -2.21. The second kappa shape index (κ2) is 13.7. The number of carbonyl (C=O) groups is 1. The highest BCUT2D eigenvalue weighted by molar-refractivity contribution is 5.82. The van der Waals surface area contributed by atoms with E-state index >= 15 is 0 Å². The van der Waals surface area contributed by atoms with Crippen molar-refractivity contribution >= 4 is 39.3 Å². The average molecular weight is 574 g/mol. The minimum Gasteiger partial charge on any atom is -0.493 e. The molecular weight excluding hydrogens is 530 g/mol. The average Bonchev–Trinajstić information content (AvgIpc) is 2.91. The molecule has 0 saturated carbocycles. The fourth-order valence-corrected chi connectivity index (χ4v) is 4.23. The molecule has 0 fully saturated rings. The third-order valence-electron chi connectivity index (χ3n) is 5.99. The summed E-state index contributed by atoms with van der Waals surface area (Å²) >= 11 is 0. The fourth-order valence-electron chi connectivity index (χ4n) is 4.23. The summed E-state index contributed by atoms with van der Waals surface area (Å²) in [4.78, 5) is 21.5. The third kappa shape index (κ3) is 10.1. The Morgan fingerprint density at radius 1 is 0.667 bits per heavy atom. The lowest BCUT2D eigenvalue weighted by molar-refractivity contribution is -0.121. The molecule has 0 spiro atoms. The van der Waals surface area contributed by atoms with Gasteiger partial charge in [0.1, 0.15) is 29.7 Å². The number of pyridine rings is 2. The molecule has 0 unspecified atom stereocenters. The first-order chi connectivity index (χ1) is 19.9. The van der Waals surface area contributed by atoms with Crippen molar-refractivity contribution in [1.29, 1.82) is 0 Å². The molecule has 4 aromatic rings. The number of aromatic nitrogens is 2. The molecule has 0 radical (unpaired) electrons. The van der Waals surface area contributed by atoms with E-state index in [0.717, 1.165) is 39.2 Å². The Balaban J connectivity index is 1.08. The van der Waals surface area contributed by atoms with Gasteiger partial charge in [0.05, 0.1) is 37.3 Å². The summed E-state index contributed by atoms with van der Waals surface area (Å²) in [5.41, 5.74) is 1.69. The zero-order chi connectivity index (χ0) is 30.2. The van der Waals surface area contributed by atoms with Crippen molar-refractivity contribution in [1.82, 2.24) is 15.3 Å². The molecular formula is C33H43N5O4. The van der Waals surface area contributed by atoms with E-state index < -0.39 is 0 Å². The molecule has 4 rings (SSSR count). The maximum Gasteiger partial charge on any atom is 0.223 e. The predicted octanol–water partition coefficient (Wildman–Crippen LogP) is 6.18. The van der Waals surface area contributed by atoms with Gasteiger partial charge in [-0.15, -0.1) is 0 Å². The standard InChI is InChI=1S/C33H43N5O4/c1-32(2,3)37-29-13-7-23-21-25(9-11-27(23)35-29)41-17-15-31(39)34-16-18-40-19-20-42-26-10-12-28-24(22-26)8-14-30(36-28)38-33(4,5)6/h7-14,21-22H,15-20H2,1-6H3,(H,34,39)(H,35,37)(H,36,38). The Morgan fingerprint density at radius 2 is 1.19 bits per heavy atom. The number of rotatable bonds is 13. The molecule has 2 aromatic heterocycles. The molecule has 224 valence electrons. The lowest BCUT2D eigenvalue weighted by atomic mass is 10.1. The third-order valence-corrected chi connectivity index (χ3v) is 5.99. The van der Waals surface area contributed by atoms with Crippen LogP contribution in [0.15, 0.2) is 60.7 Å². The second-order valence-corrected chi connectivity index (χ2v) is 12.3. The number of ether oxygens (including phenoxy) is 3. The Labute approximate surface area is 248 Å². The van der Waals surface area contributed by atoms with Crippen molar-refractivity contribution in [3.63, 3.8) is 0 Å². The van der Waals surface area contributed by atoms with Crippen molar-refractivity contribution in [2.45, 2.75) is 59.0 Å². The van der Waals surface area contributed by atoms with Gasteiger partial charge in [0.15, 0.2) is 0 Å². The highest BCUT2D eigenvalue weighted by Crippen LogP contribution is 2.24. The van der Waals surface area contributed by atoms with Crippen LogP contribution in [0.4, 0.5) is 11.6 Å². The first-order valence-corrected chi connectivity index (χ1v) is 14.4. The quantitative estimate of drug-likeness (QED) is 0.163. The van der Waals surface area contributed by atoms with E-state index in [1.54, 1.807) is 0 Å². The van der Waals surface area contributed by atoms with Gasteiger partial charge in [-0.2, -0.15) is 0 Å². The molecule has 42 heavy (non-hydrogen) atoms. The molecule has 0 aliphatic heterocycles. The monoisotopic (exact) mass is 573 g/mol. The van der Waals surface area contributed by atoms with Crippen LogP contribution in [0.1, 0.15) is 48.0 Å². The van der Waals surface area contributed by atoms with Gasteiger partial charge in [-0.25, -0.2) is 9.97 Å². The molecule has 0 atom stereocenters. The number of amides is 1. The number of hydrogen-bond donors (Lipinski definition) is 3.